The van der Waals surface area contributed by atoms with Crippen LogP contribution in [0.3, 0.4) is 0 Å². The van der Waals surface area contributed by atoms with Crippen molar-refractivity contribution in [2.24, 2.45) is 0 Å². The summed E-state index contributed by atoms with van der Waals surface area (Å²) in [5, 5.41) is 10.8. The van der Waals surface area contributed by atoms with Gasteiger partial charge in [0.2, 0.25) is 0 Å². The summed E-state index contributed by atoms with van der Waals surface area (Å²) in [5.74, 6) is -1.28. The topological polar surface area (TPSA) is 63.6 Å². The number of carboxylic acids is 1. The summed E-state index contributed by atoms with van der Waals surface area (Å²) in [6, 6.07) is 12.8. The number of carboxylic acid groups (broad SMARTS) is 1. The molecule has 0 aliphatic heterocycles. The van der Waals surface area contributed by atoms with Crippen molar-refractivity contribution in [2.75, 3.05) is 7.11 Å². The molecular formula is C15H16MgO4. The van der Waals surface area contributed by atoms with Crippen LogP contribution in [-0.2, 0) is 9.53 Å². The molecule has 0 amide bonds. The van der Waals surface area contributed by atoms with E-state index in [0.717, 1.165) is 16.8 Å². The Kier molecular flexibility index (Phi) is 8.27. The van der Waals surface area contributed by atoms with Crippen LogP contribution in [0.2, 0.25) is 0 Å². The van der Waals surface area contributed by atoms with Crippen molar-refractivity contribution >= 4 is 45.8 Å². The van der Waals surface area contributed by atoms with E-state index in [1.54, 1.807) is 12.1 Å². The van der Waals surface area contributed by atoms with Crippen molar-refractivity contribution < 1.29 is 22.3 Å². The van der Waals surface area contributed by atoms with Crippen molar-refractivity contribution in [3.05, 3.63) is 60.7 Å². The van der Waals surface area contributed by atoms with Crippen molar-refractivity contribution in [2.45, 2.75) is 0 Å². The predicted molar refractivity (Wildman–Crippen MR) is 81.1 cm³/mol. The minimum absolute atomic E-state index is 0. The van der Waals surface area contributed by atoms with Crippen LogP contribution < -0.4 is 0 Å². The second kappa shape index (κ2) is 9.11. The summed E-state index contributed by atoms with van der Waals surface area (Å²) < 4.78 is 4.14. The normalized spacial score (nSPS) is 8.65. The van der Waals surface area contributed by atoms with Gasteiger partial charge < -0.3 is 12.7 Å². The number of ether oxygens (including phenoxy) is 1. The number of methoxy groups -OCH3 is 1. The third kappa shape index (κ3) is 5.42. The molecule has 2 aromatic carbocycles. The number of carbonyl (C=O) groups is 2. The molecule has 2 rings (SSSR count). The van der Waals surface area contributed by atoms with Gasteiger partial charge in [0.05, 0.1) is 12.7 Å². The quantitative estimate of drug-likeness (QED) is 0.523. The van der Waals surface area contributed by atoms with Gasteiger partial charge in [-0.25, -0.2) is 9.59 Å². The number of hydrogen-bond acceptors (Lipinski definition) is 3. The fourth-order valence-corrected chi connectivity index (χ4v) is 1.41. The van der Waals surface area contributed by atoms with Crippen molar-refractivity contribution in [1.82, 2.24) is 0 Å². The van der Waals surface area contributed by atoms with Crippen LogP contribution in [0, 0.1) is 0 Å². The molecule has 0 heterocycles. The molecule has 102 valence electrons. The summed E-state index contributed by atoms with van der Waals surface area (Å²) in [6.45, 7) is 3.16. The largest absolute Gasteiger partial charge is 2.00 e. The first-order valence-electron chi connectivity index (χ1n) is 5.51. The molecule has 2 aromatic rings. The van der Waals surface area contributed by atoms with Crippen molar-refractivity contribution in [1.29, 1.82) is 0 Å². The summed E-state index contributed by atoms with van der Waals surface area (Å²) in [7, 11) is 1.31. The van der Waals surface area contributed by atoms with E-state index in [1.165, 1.54) is 7.11 Å². The Hall–Kier alpha value is -1.85. The average Bonchev–Trinajstić information content (AvgIpc) is 2.46. The van der Waals surface area contributed by atoms with E-state index >= 15 is 0 Å². The van der Waals surface area contributed by atoms with Crippen LogP contribution in [0.25, 0.3) is 10.8 Å². The molecule has 0 aromatic heterocycles. The molecule has 0 aliphatic rings. The molecular weight excluding hydrogens is 268 g/mol. The third-order valence-electron chi connectivity index (χ3n) is 2.36. The van der Waals surface area contributed by atoms with Gasteiger partial charge in [-0.3, -0.25) is 0 Å². The zero-order valence-electron chi connectivity index (χ0n) is 13.2. The SMILES string of the molecule is C=CC(=O)OC.O=C(O)c1ccc2ccccc2c1.[H-].[H-].[Mg+2]. The Morgan fingerprint density at radius 1 is 1.20 bits per heavy atom. The minimum atomic E-state index is -0.884. The van der Waals surface area contributed by atoms with Gasteiger partial charge in [-0.05, 0) is 22.9 Å². The van der Waals surface area contributed by atoms with Gasteiger partial charge in [0.15, 0.2) is 0 Å². The van der Waals surface area contributed by atoms with Crippen LogP contribution in [0.5, 0.6) is 0 Å². The van der Waals surface area contributed by atoms with Gasteiger partial charge in [-0.2, -0.15) is 0 Å². The van der Waals surface area contributed by atoms with Crippen LogP contribution in [0.1, 0.15) is 13.2 Å². The zero-order valence-corrected chi connectivity index (χ0v) is 12.6. The smallest absolute Gasteiger partial charge is 1.00 e. The number of carbonyl (C=O) groups excluding carboxylic acids is 1. The van der Waals surface area contributed by atoms with Gasteiger partial charge >= 0.3 is 35.0 Å². The zero-order chi connectivity index (χ0) is 14.3. The predicted octanol–water partition coefficient (Wildman–Crippen LogP) is 2.73. The molecule has 0 spiro atoms. The first-order valence-corrected chi connectivity index (χ1v) is 5.51. The maximum Gasteiger partial charge on any atom is 2.00 e. The van der Waals surface area contributed by atoms with Crippen LogP contribution in [0.15, 0.2) is 55.1 Å². The second-order valence-corrected chi connectivity index (χ2v) is 3.59. The third-order valence-corrected chi connectivity index (χ3v) is 2.36. The van der Waals surface area contributed by atoms with E-state index in [-0.39, 0.29) is 25.9 Å². The summed E-state index contributed by atoms with van der Waals surface area (Å²) in [4.78, 5) is 20.5. The molecule has 0 fully saturated rings. The number of aromatic carboxylic acids is 1. The fraction of sp³-hybridized carbons (Fsp3) is 0.0667. The molecule has 0 saturated carbocycles. The van der Waals surface area contributed by atoms with Crippen LogP contribution in [-0.4, -0.2) is 47.2 Å². The summed E-state index contributed by atoms with van der Waals surface area (Å²) >= 11 is 0. The van der Waals surface area contributed by atoms with Gasteiger partial charge in [0.25, 0.3) is 0 Å². The molecule has 4 nitrogen and oxygen atoms in total. The molecule has 0 radical (unpaired) electrons. The molecule has 20 heavy (non-hydrogen) atoms. The number of hydrogen-bond donors (Lipinski definition) is 1. The maximum absolute atomic E-state index is 10.6. The Bertz CT molecular complexity index is 617. The molecule has 0 saturated heterocycles. The van der Waals surface area contributed by atoms with E-state index in [2.05, 4.69) is 11.3 Å². The Balaban J connectivity index is -0.000000355. The van der Waals surface area contributed by atoms with E-state index in [9.17, 15) is 9.59 Å². The van der Waals surface area contributed by atoms with E-state index in [1.807, 2.05) is 30.3 Å². The number of fused-ring (bicyclic) bond motifs is 1. The standard InChI is InChI=1S/C11H8O2.C4H6O2.Mg.2H/c12-11(13)10-6-5-8-3-1-2-4-9(8)7-10;1-3-4(5)6-2;;;/h1-7H,(H,12,13);3H,1H2,2H3;;;/q;;+2;2*-1. The molecule has 5 heteroatoms. The second-order valence-electron chi connectivity index (χ2n) is 3.59. The van der Waals surface area contributed by atoms with Gasteiger partial charge in [-0.1, -0.05) is 36.9 Å². The molecule has 0 aliphatic carbocycles. The van der Waals surface area contributed by atoms with E-state index in [4.69, 9.17) is 5.11 Å². The first kappa shape index (κ1) is 18.1. The monoisotopic (exact) mass is 284 g/mol. The van der Waals surface area contributed by atoms with Gasteiger partial charge in [0.1, 0.15) is 0 Å². The number of rotatable bonds is 2. The van der Waals surface area contributed by atoms with Crippen molar-refractivity contribution in [3.63, 3.8) is 0 Å². The van der Waals surface area contributed by atoms with Crippen molar-refractivity contribution in [3.8, 4) is 0 Å². The molecule has 0 atom stereocenters. The van der Waals surface area contributed by atoms with Gasteiger partial charge in [-0.15, -0.1) is 0 Å². The van der Waals surface area contributed by atoms with Crippen LogP contribution in [0.4, 0.5) is 0 Å². The first-order chi connectivity index (χ1) is 9.08. The summed E-state index contributed by atoms with van der Waals surface area (Å²) in [6.07, 6.45) is 1.11. The molecule has 1 N–H and O–H groups in total. The Labute approximate surface area is 136 Å². The van der Waals surface area contributed by atoms with Gasteiger partial charge in [0, 0.05) is 6.08 Å². The van der Waals surface area contributed by atoms with Crippen LogP contribution >= 0.6 is 0 Å². The summed E-state index contributed by atoms with van der Waals surface area (Å²) in [5.41, 5.74) is 0.332. The molecule has 0 bridgehead atoms. The fourth-order valence-electron chi connectivity index (χ4n) is 1.41. The van der Waals surface area contributed by atoms with E-state index < -0.39 is 11.9 Å². The number of esters is 1. The maximum atomic E-state index is 10.6. The Morgan fingerprint density at radius 2 is 1.80 bits per heavy atom. The van der Waals surface area contributed by atoms with E-state index in [0.29, 0.717) is 5.56 Å². The average molecular weight is 285 g/mol. The Morgan fingerprint density at radius 3 is 2.25 bits per heavy atom. The number of benzene rings is 2. The molecule has 0 unspecified atom stereocenters. The minimum Gasteiger partial charge on any atom is -1.00 e.